The molecule has 2 aliphatic rings. The van der Waals surface area contributed by atoms with Gasteiger partial charge in [0, 0.05) is 19.6 Å². The molecule has 19 heavy (non-hydrogen) atoms. The molecular weight excluding hydrogens is 232 g/mol. The molecule has 1 aliphatic heterocycles. The molecule has 3 unspecified atom stereocenters. The normalized spacial score (nSPS) is 37.1. The van der Waals surface area contributed by atoms with E-state index in [4.69, 9.17) is 0 Å². The summed E-state index contributed by atoms with van der Waals surface area (Å²) in [4.78, 5) is 2.76. The highest BCUT2D eigenvalue weighted by molar-refractivity contribution is 4.91. The topological polar surface area (TPSA) is 15.3 Å². The summed E-state index contributed by atoms with van der Waals surface area (Å²) in [7, 11) is 2.13. The van der Waals surface area contributed by atoms with Crippen LogP contribution in [0.5, 0.6) is 0 Å². The second-order valence-electron chi connectivity index (χ2n) is 7.76. The fourth-order valence-electron chi connectivity index (χ4n) is 4.53. The summed E-state index contributed by atoms with van der Waals surface area (Å²) >= 11 is 0. The number of rotatable bonds is 5. The first-order valence-corrected chi connectivity index (χ1v) is 8.41. The Labute approximate surface area is 120 Å². The van der Waals surface area contributed by atoms with Crippen LogP contribution in [0.3, 0.4) is 0 Å². The van der Waals surface area contributed by atoms with Gasteiger partial charge >= 0.3 is 0 Å². The molecule has 1 saturated carbocycles. The van der Waals surface area contributed by atoms with E-state index in [2.05, 4.69) is 38.0 Å². The van der Waals surface area contributed by atoms with Crippen molar-refractivity contribution < 1.29 is 0 Å². The lowest BCUT2D eigenvalue weighted by Gasteiger charge is -2.42. The molecule has 2 heteroatoms. The summed E-state index contributed by atoms with van der Waals surface area (Å²) in [5.74, 6) is 2.72. The minimum absolute atomic E-state index is 0.554. The van der Waals surface area contributed by atoms with Crippen molar-refractivity contribution in [1.82, 2.24) is 10.2 Å². The maximum Gasteiger partial charge on any atom is 0.00504 e. The van der Waals surface area contributed by atoms with E-state index in [0.29, 0.717) is 5.41 Å². The van der Waals surface area contributed by atoms with E-state index in [-0.39, 0.29) is 0 Å². The predicted octanol–water partition coefficient (Wildman–Crippen LogP) is 3.38. The van der Waals surface area contributed by atoms with E-state index in [1.54, 1.807) is 0 Å². The molecule has 0 aromatic rings. The van der Waals surface area contributed by atoms with Crippen molar-refractivity contribution in [2.45, 2.75) is 52.9 Å². The van der Waals surface area contributed by atoms with Crippen molar-refractivity contribution in [3.8, 4) is 0 Å². The Morgan fingerprint density at radius 2 is 2.11 bits per heavy atom. The Hall–Kier alpha value is -0.0800. The maximum absolute atomic E-state index is 3.48. The van der Waals surface area contributed by atoms with Crippen LogP contribution in [0.2, 0.25) is 0 Å². The lowest BCUT2D eigenvalue weighted by Crippen LogP contribution is -2.45. The molecule has 3 atom stereocenters. The second kappa shape index (κ2) is 6.58. The molecule has 0 aromatic heterocycles. The second-order valence-corrected chi connectivity index (χ2v) is 7.76. The Kier molecular flexibility index (Phi) is 5.30. The van der Waals surface area contributed by atoms with Crippen molar-refractivity contribution >= 4 is 0 Å². The van der Waals surface area contributed by atoms with Gasteiger partial charge in [-0.15, -0.1) is 0 Å². The van der Waals surface area contributed by atoms with Gasteiger partial charge in [0.15, 0.2) is 0 Å². The summed E-state index contributed by atoms with van der Waals surface area (Å²) in [6.45, 7) is 12.5. The van der Waals surface area contributed by atoms with Crippen LogP contribution in [-0.2, 0) is 0 Å². The van der Waals surface area contributed by atoms with Crippen molar-refractivity contribution in [3.05, 3.63) is 0 Å². The summed E-state index contributed by atoms with van der Waals surface area (Å²) < 4.78 is 0. The van der Waals surface area contributed by atoms with Crippen LogP contribution < -0.4 is 5.32 Å². The first kappa shape index (κ1) is 15.3. The lowest BCUT2D eigenvalue weighted by molar-refractivity contribution is 0.0903. The monoisotopic (exact) mass is 266 g/mol. The molecule has 2 fully saturated rings. The van der Waals surface area contributed by atoms with Crippen LogP contribution in [0.25, 0.3) is 0 Å². The number of nitrogens with one attached hydrogen (secondary N) is 1. The Balaban J connectivity index is 1.93. The smallest absolute Gasteiger partial charge is 0.00504 e. The van der Waals surface area contributed by atoms with E-state index in [0.717, 1.165) is 17.8 Å². The van der Waals surface area contributed by atoms with Gasteiger partial charge in [-0.3, -0.25) is 0 Å². The van der Waals surface area contributed by atoms with Crippen molar-refractivity contribution in [2.75, 3.05) is 33.2 Å². The largest absolute Gasteiger partial charge is 0.319 e. The molecule has 2 nitrogen and oxygen atoms in total. The third-order valence-corrected chi connectivity index (χ3v) is 5.55. The Morgan fingerprint density at radius 1 is 1.32 bits per heavy atom. The highest BCUT2D eigenvalue weighted by Crippen LogP contribution is 2.40. The van der Waals surface area contributed by atoms with Crippen LogP contribution in [0.1, 0.15) is 52.9 Å². The summed E-state index contributed by atoms with van der Waals surface area (Å²) in [5.41, 5.74) is 0.554. The number of hydrogen-bond donors (Lipinski definition) is 1. The number of nitrogens with zero attached hydrogens (tertiary/aromatic N) is 1. The van der Waals surface area contributed by atoms with E-state index in [1.807, 2.05) is 0 Å². The van der Waals surface area contributed by atoms with Crippen molar-refractivity contribution in [1.29, 1.82) is 0 Å². The van der Waals surface area contributed by atoms with Crippen molar-refractivity contribution in [2.24, 2.45) is 23.2 Å². The minimum Gasteiger partial charge on any atom is -0.319 e. The van der Waals surface area contributed by atoms with Gasteiger partial charge in [0.1, 0.15) is 0 Å². The molecule has 1 heterocycles. The quantitative estimate of drug-likeness (QED) is 0.820. The molecule has 0 aromatic carbocycles. The van der Waals surface area contributed by atoms with Crippen LogP contribution >= 0.6 is 0 Å². The standard InChI is InChI=1S/C17H34N2/c1-14(2)16-7-9-19(11-16)13-17(12-18-4)8-5-6-15(3)10-17/h14-16,18H,5-13H2,1-4H3. The van der Waals surface area contributed by atoms with E-state index in [1.165, 1.54) is 58.3 Å². The summed E-state index contributed by atoms with van der Waals surface area (Å²) in [6.07, 6.45) is 7.16. The van der Waals surface area contributed by atoms with Gasteiger partial charge in [-0.2, -0.15) is 0 Å². The van der Waals surface area contributed by atoms with Crippen LogP contribution in [-0.4, -0.2) is 38.1 Å². The van der Waals surface area contributed by atoms with Gasteiger partial charge in [0.05, 0.1) is 0 Å². The van der Waals surface area contributed by atoms with Crippen LogP contribution in [0.15, 0.2) is 0 Å². The molecule has 1 N–H and O–H groups in total. The van der Waals surface area contributed by atoms with Crippen molar-refractivity contribution in [3.63, 3.8) is 0 Å². The van der Waals surface area contributed by atoms with E-state index < -0.39 is 0 Å². The zero-order valence-electron chi connectivity index (χ0n) is 13.5. The van der Waals surface area contributed by atoms with Gasteiger partial charge in [0.25, 0.3) is 0 Å². The van der Waals surface area contributed by atoms with Gasteiger partial charge in [-0.25, -0.2) is 0 Å². The molecule has 112 valence electrons. The van der Waals surface area contributed by atoms with Crippen LogP contribution in [0, 0.1) is 23.2 Å². The van der Waals surface area contributed by atoms with Gasteiger partial charge in [0.2, 0.25) is 0 Å². The SMILES string of the molecule is CNCC1(CN2CCC(C(C)C)C2)CCCC(C)C1. The highest BCUT2D eigenvalue weighted by atomic mass is 15.2. The molecular formula is C17H34N2. The highest BCUT2D eigenvalue weighted by Gasteiger charge is 2.37. The fourth-order valence-corrected chi connectivity index (χ4v) is 4.53. The molecule has 1 aliphatic carbocycles. The number of hydrogen-bond acceptors (Lipinski definition) is 2. The van der Waals surface area contributed by atoms with Gasteiger partial charge in [-0.1, -0.05) is 33.6 Å². The first-order chi connectivity index (χ1) is 9.04. The van der Waals surface area contributed by atoms with Crippen LogP contribution in [0.4, 0.5) is 0 Å². The summed E-state index contributed by atoms with van der Waals surface area (Å²) in [5, 5.41) is 3.48. The molecule has 0 amide bonds. The maximum atomic E-state index is 3.48. The third-order valence-electron chi connectivity index (χ3n) is 5.55. The van der Waals surface area contributed by atoms with E-state index in [9.17, 15) is 0 Å². The molecule has 0 spiro atoms. The molecule has 1 saturated heterocycles. The molecule has 0 bridgehead atoms. The molecule has 2 rings (SSSR count). The summed E-state index contributed by atoms with van der Waals surface area (Å²) in [6, 6.07) is 0. The molecule has 0 radical (unpaired) electrons. The average molecular weight is 266 g/mol. The lowest BCUT2D eigenvalue weighted by atomic mass is 9.69. The average Bonchev–Trinajstić information content (AvgIpc) is 2.77. The van der Waals surface area contributed by atoms with Gasteiger partial charge < -0.3 is 10.2 Å². The zero-order chi connectivity index (χ0) is 13.9. The Morgan fingerprint density at radius 3 is 2.68 bits per heavy atom. The first-order valence-electron chi connectivity index (χ1n) is 8.41. The predicted molar refractivity (Wildman–Crippen MR) is 83.4 cm³/mol. The number of likely N-dealkylation sites (tertiary alicyclic amines) is 1. The zero-order valence-corrected chi connectivity index (χ0v) is 13.5. The Bertz CT molecular complexity index is 272. The van der Waals surface area contributed by atoms with E-state index >= 15 is 0 Å². The van der Waals surface area contributed by atoms with Gasteiger partial charge in [-0.05, 0) is 56.0 Å². The third kappa shape index (κ3) is 3.95. The minimum atomic E-state index is 0.554. The fraction of sp³-hybridized carbons (Fsp3) is 1.00.